The van der Waals surface area contributed by atoms with Crippen LogP contribution in [0.25, 0.3) is 22.4 Å². The van der Waals surface area contributed by atoms with Crippen LogP contribution in [0.3, 0.4) is 0 Å². The molecule has 2 heterocycles. The Bertz CT molecular complexity index is 1190. The molecule has 2 N–H and O–H groups in total. The van der Waals surface area contributed by atoms with E-state index in [4.69, 9.17) is 9.15 Å². The molecule has 2 aromatic heterocycles. The zero-order chi connectivity index (χ0) is 20.4. The second-order valence-corrected chi connectivity index (χ2v) is 6.54. The molecule has 29 heavy (non-hydrogen) atoms. The summed E-state index contributed by atoms with van der Waals surface area (Å²) in [5, 5.41) is 11.0. The molecule has 0 saturated carbocycles. The van der Waals surface area contributed by atoms with E-state index in [9.17, 15) is 9.59 Å². The van der Waals surface area contributed by atoms with E-state index in [1.54, 1.807) is 12.1 Å². The second kappa shape index (κ2) is 7.59. The zero-order valence-electron chi connectivity index (χ0n) is 15.9. The molecule has 0 atom stereocenters. The van der Waals surface area contributed by atoms with Crippen LogP contribution in [0.1, 0.15) is 21.6 Å². The van der Waals surface area contributed by atoms with Gasteiger partial charge in [-0.3, -0.25) is 10.1 Å². The van der Waals surface area contributed by atoms with Crippen LogP contribution in [0.5, 0.6) is 0 Å². The number of ether oxygens (including phenoxy) is 1. The summed E-state index contributed by atoms with van der Waals surface area (Å²) < 4.78 is 10.5. The first kappa shape index (κ1) is 18.4. The highest BCUT2D eigenvalue weighted by molar-refractivity contribution is 5.98. The predicted molar refractivity (Wildman–Crippen MR) is 106 cm³/mol. The minimum absolute atomic E-state index is 0.0651. The summed E-state index contributed by atoms with van der Waals surface area (Å²) in [6.45, 7) is 3.48. The molecule has 4 aromatic rings. The zero-order valence-corrected chi connectivity index (χ0v) is 15.9. The molecule has 4 rings (SSSR count). The Morgan fingerprint density at radius 3 is 2.69 bits per heavy atom. The van der Waals surface area contributed by atoms with Crippen LogP contribution < -0.4 is 5.32 Å². The van der Waals surface area contributed by atoms with Gasteiger partial charge in [0, 0.05) is 22.2 Å². The van der Waals surface area contributed by atoms with Gasteiger partial charge in [-0.05, 0) is 49.7 Å². The number of esters is 1. The number of hydrogen-bond donors (Lipinski definition) is 2. The number of carbonyl (C=O) groups is 2. The maximum atomic E-state index is 12.3. The highest BCUT2D eigenvalue weighted by Crippen LogP contribution is 2.23. The van der Waals surface area contributed by atoms with E-state index in [0.717, 1.165) is 27.7 Å². The van der Waals surface area contributed by atoms with Gasteiger partial charge in [-0.15, -0.1) is 5.10 Å². The number of aromatic amines is 1. The van der Waals surface area contributed by atoms with Crippen LogP contribution in [0.15, 0.2) is 52.9 Å². The number of nitrogens with one attached hydrogen (secondary N) is 2. The first-order chi connectivity index (χ1) is 14.0. The lowest BCUT2D eigenvalue weighted by atomic mass is 10.1. The third-order valence-electron chi connectivity index (χ3n) is 4.57. The topological polar surface area (TPSA) is 110 Å². The molecule has 146 valence electrons. The number of H-pyrrole nitrogens is 1. The van der Waals surface area contributed by atoms with Crippen molar-refractivity contribution in [3.05, 3.63) is 65.4 Å². The average molecular weight is 390 g/mol. The molecule has 0 aliphatic heterocycles. The smallest absolute Gasteiger partial charge is 0.338 e. The van der Waals surface area contributed by atoms with Crippen LogP contribution in [0, 0.1) is 13.8 Å². The molecule has 0 bridgehead atoms. The molecule has 0 saturated heterocycles. The van der Waals surface area contributed by atoms with Gasteiger partial charge in [-0.25, -0.2) is 4.79 Å². The number of aryl methyl sites for hydroxylation is 2. The summed E-state index contributed by atoms with van der Waals surface area (Å²) in [5.41, 5.74) is 4.16. The summed E-state index contributed by atoms with van der Waals surface area (Å²) >= 11 is 0. The first-order valence-electron chi connectivity index (χ1n) is 8.96. The number of rotatable bonds is 5. The summed E-state index contributed by atoms with van der Waals surface area (Å²) in [4.78, 5) is 27.6. The van der Waals surface area contributed by atoms with Gasteiger partial charge in [0.1, 0.15) is 0 Å². The van der Waals surface area contributed by atoms with Crippen LogP contribution in [-0.4, -0.2) is 33.7 Å². The maximum Gasteiger partial charge on any atom is 0.338 e. The van der Waals surface area contributed by atoms with Crippen molar-refractivity contribution in [3.8, 4) is 11.5 Å². The Morgan fingerprint density at radius 2 is 1.90 bits per heavy atom. The number of aromatic nitrogens is 3. The summed E-state index contributed by atoms with van der Waals surface area (Å²) in [6, 6.07) is 14.3. The van der Waals surface area contributed by atoms with Crippen molar-refractivity contribution in [2.75, 3.05) is 11.9 Å². The SMILES string of the molecule is Cc1[nH]c2ccc(C(=O)OCC(=O)Nc3nnc(-c4ccccc4)o3)cc2c1C. The van der Waals surface area contributed by atoms with Gasteiger partial charge in [0.05, 0.1) is 5.56 Å². The lowest BCUT2D eigenvalue weighted by Gasteiger charge is -2.04. The van der Waals surface area contributed by atoms with Gasteiger partial charge in [-0.2, -0.15) is 0 Å². The number of hydrogen-bond acceptors (Lipinski definition) is 6. The number of amides is 1. The molecule has 0 fully saturated rings. The van der Waals surface area contributed by atoms with E-state index in [1.165, 1.54) is 0 Å². The van der Waals surface area contributed by atoms with Crippen molar-refractivity contribution in [3.63, 3.8) is 0 Å². The van der Waals surface area contributed by atoms with Gasteiger partial charge in [0.15, 0.2) is 6.61 Å². The Labute approximate surface area is 165 Å². The largest absolute Gasteiger partial charge is 0.452 e. The average Bonchev–Trinajstić information content (AvgIpc) is 3.31. The fourth-order valence-electron chi connectivity index (χ4n) is 2.93. The molecule has 0 unspecified atom stereocenters. The van der Waals surface area contributed by atoms with Gasteiger partial charge < -0.3 is 14.1 Å². The van der Waals surface area contributed by atoms with E-state index in [2.05, 4.69) is 20.5 Å². The normalized spacial score (nSPS) is 10.8. The van der Waals surface area contributed by atoms with Crippen molar-refractivity contribution >= 4 is 28.8 Å². The van der Waals surface area contributed by atoms with Crippen molar-refractivity contribution < 1.29 is 18.7 Å². The number of carbonyl (C=O) groups excluding carboxylic acids is 2. The van der Waals surface area contributed by atoms with Crippen molar-refractivity contribution in [2.24, 2.45) is 0 Å². The monoisotopic (exact) mass is 390 g/mol. The van der Waals surface area contributed by atoms with Crippen LogP contribution in [0.4, 0.5) is 6.01 Å². The van der Waals surface area contributed by atoms with Crippen LogP contribution in [-0.2, 0) is 9.53 Å². The second-order valence-electron chi connectivity index (χ2n) is 6.54. The summed E-state index contributed by atoms with van der Waals surface area (Å²) in [6.07, 6.45) is 0. The molecule has 0 radical (unpaired) electrons. The lowest BCUT2D eigenvalue weighted by molar-refractivity contribution is -0.119. The van der Waals surface area contributed by atoms with E-state index < -0.39 is 18.5 Å². The fourth-order valence-corrected chi connectivity index (χ4v) is 2.93. The third kappa shape index (κ3) is 3.86. The van der Waals surface area contributed by atoms with E-state index in [0.29, 0.717) is 5.56 Å². The molecule has 0 spiro atoms. The highest BCUT2D eigenvalue weighted by atomic mass is 16.5. The molecular weight excluding hydrogens is 372 g/mol. The van der Waals surface area contributed by atoms with Gasteiger partial charge in [0.25, 0.3) is 5.91 Å². The quantitative estimate of drug-likeness (QED) is 0.504. The van der Waals surface area contributed by atoms with Gasteiger partial charge in [-0.1, -0.05) is 23.3 Å². The van der Waals surface area contributed by atoms with Crippen LogP contribution >= 0.6 is 0 Å². The molecule has 0 aliphatic carbocycles. The predicted octanol–water partition coefficient (Wildman–Crippen LogP) is 3.63. The van der Waals surface area contributed by atoms with E-state index in [1.807, 2.05) is 50.2 Å². The Kier molecular flexibility index (Phi) is 4.82. The number of nitrogens with zero attached hydrogens (tertiary/aromatic N) is 2. The van der Waals surface area contributed by atoms with Crippen molar-refractivity contribution in [1.82, 2.24) is 15.2 Å². The van der Waals surface area contributed by atoms with E-state index >= 15 is 0 Å². The lowest BCUT2D eigenvalue weighted by Crippen LogP contribution is -2.21. The van der Waals surface area contributed by atoms with Crippen molar-refractivity contribution in [1.29, 1.82) is 0 Å². The Balaban J connectivity index is 1.37. The van der Waals surface area contributed by atoms with E-state index in [-0.39, 0.29) is 11.9 Å². The maximum absolute atomic E-state index is 12.3. The number of benzene rings is 2. The molecule has 0 aliphatic rings. The minimum atomic E-state index is -0.587. The molecular formula is C21H18N4O4. The third-order valence-corrected chi connectivity index (χ3v) is 4.57. The van der Waals surface area contributed by atoms with Crippen molar-refractivity contribution in [2.45, 2.75) is 13.8 Å². The highest BCUT2D eigenvalue weighted by Gasteiger charge is 2.15. The molecule has 1 amide bonds. The molecule has 8 heteroatoms. The molecule has 8 nitrogen and oxygen atoms in total. The van der Waals surface area contributed by atoms with Crippen LogP contribution in [0.2, 0.25) is 0 Å². The Hall–Kier alpha value is -3.94. The fraction of sp³-hybridized carbons (Fsp3) is 0.143. The summed E-state index contributed by atoms with van der Waals surface area (Å²) in [7, 11) is 0. The number of fused-ring (bicyclic) bond motifs is 1. The first-order valence-corrected chi connectivity index (χ1v) is 8.96. The van der Waals surface area contributed by atoms with Gasteiger partial charge >= 0.3 is 12.0 Å². The standard InChI is InChI=1S/C21H18N4O4/c1-12-13(2)22-17-9-8-15(10-16(12)17)20(27)28-11-18(26)23-21-25-24-19(29-21)14-6-4-3-5-7-14/h3-10,22H,11H2,1-2H3,(H,23,25,26). The molecule has 2 aromatic carbocycles. The number of anilines is 1. The van der Waals surface area contributed by atoms with Gasteiger partial charge in [0.2, 0.25) is 5.89 Å². The Morgan fingerprint density at radius 1 is 1.10 bits per heavy atom. The summed E-state index contributed by atoms with van der Waals surface area (Å²) in [5.74, 6) is -0.879. The minimum Gasteiger partial charge on any atom is -0.452 e.